The summed E-state index contributed by atoms with van der Waals surface area (Å²) in [6.07, 6.45) is 0.759. The molecule has 1 amide bonds. The second-order valence-corrected chi connectivity index (χ2v) is 3.01. The topological polar surface area (TPSA) is 62.5 Å². The maximum absolute atomic E-state index is 11.3. The number of nitrogens with one attached hydrogen (secondary N) is 1. The van der Waals surface area contributed by atoms with Crippen LogP contribution in [0.1, 0.15) is 17.3 Å². The molecule has 0 spiro atoms. The van der Waals surface area contributed by atoms with Gasteiger partial charge in [-0.05, 0) is 24.6 Å². The number of carbonyl (C=O) groups is 1. The van der Waals surface area contributed by atoms with Crippen molar-refractivity contribution in [2.75, 3.05) is 6.54 Å². The van der Waals surface area contributed by atoms with Crippen LogP contribution in [0.2, 0.25) is 5.22 Å². The van der Waals surface area contributed by atoms with Crippen LogP contribution >= 0.6 is 11.6 Å². The van der Waals surface area contributed by atoms with E-state index >= 15 is 0 Å². The second-order valence-electron chi connectivity index (χ2n) is 2.67. The SMILES string of the molecule is C[C@@H](O)CNC(=O)c1ccoc1Cl. The van der Waals surface area contributed by atoms with Crippen LogP contribution in [0.4, 0.5) is 0 Å². The summed E-state index contributed by atoms with van der Waals surface area (Å²) in [6, 6.07) is 1.47. The van der Waals surface area contributed by atoms with Gasteiger partial charge in [0.05, 0.1) is 17.9 Å². The molecule has 1 atom stereocenters. The van der Waals surface area contributed by atoms with Crippen molar-refractivity contribution in [3.8, 4) is 0 Å². The van der Waals surface area contributed by atoms with E-state index in [0.29, 0.717) is 0 Å². The summed E-state index contributed by atoms with van der Waals surface area (Å²) in [7, 11) is 0. The summed E-state index contributed by atoms with van der Waals surface area (Å²) in [5.74, 6) is -0.348. The fourth-order valence-corrected chi connectivity index (χ4v) is 0.992. The van der Waals surface area contributed by atoms with Gasteiger partial charge in [-0.3, -0.25) is 4.79 Å². The number of rotatable bonds is 3. The van der Waals surface area contributed by atoms with Crippen molar-refractivity contribution in [3.63, 3.8) is 0 Å². The van der Waals surface area contributed by atoms with Gasteiger partial charge >= 0.3 is 0 Å². The summed E-state index contributed by atoms with van der Waals surface area (Å²) in [5.41, 5.74) is 0.280. The van der Waals surface area contributed by atoms with E-state index in [2.05, 4.69) is 5.32 Å². The maximum Gasteiger partial charge on any atom is 0.256 e. The molecule has 0 bridgehead atoms. The Balaban J connectivity index is 2.54. The van der Waals surface area contributed by atoms with Crippen LogP contribution in [0.15, 0.2) is 16.7 Å². The Hall–Kier alpha value is -1.00. The standard InChI is InChI=1S/C8H10ClNO3/c1-5(11)4-10-8(12)6-2-3-13-7(6)9/h2-3,5,11H,4H2,1H3,(H,10,12)/t5-/m1/s1. The number of hydrogen-bond donors (Lipinski definition) is 2. The second kappa shape index (κ2) is 4.30. The summed E-state index contributed by atoms with van der Waals surface area (Å²) in [4.78, 5) is 11.3. The average molecular weight is 204 g/mol. The van der Waals surface area contributed by atoms with Crippen LogP contribution in [0.3, 0.4) is 0 Å². The lowest BCUT2D eigenvalue weighted by molar-refractivity contribution is 0.0923. The van der Waals surface area contributed by atoms with Crippen molar-refractivity contribution in [1.29, 1.82) is 0 Å². The van der Waals surface area contributed by atoms with E-state index in [1.165, 1.54) is 12.3 Å². The van der Waals surface area contributed by atoms with Gasteiger partial charge in [0, 0.05) is 6.54 Å². The predicted molar refractivity (Wildman–Crippen MR) is 47.7 cm³/mol. The lowest BCUT2D eigenvalue weighted by Crippen LogP contribution is -2.30. The van der Waals surface area contributed by atoms with Gasteiger partial charge in [0.15, 0.2) is 0 Å². The molecule has 13 heavy (non-hydrogen) atoms. The molecule has 0 aromatic carbocycles. The van der Waals surface area contributed by atoms with Gasteiger partial charge < -0.3 is 14.8 Å². The molecule has 1 aromatic rings. The van der Waals surface area contributed by atoms with E-state index in [4.69, 9.17) is 21.1 Å². The van der Waals surface area contributed by atoms with E-state index in [0.717, 1.165) is 0 Å². The van der Waals surface area contributed by atoms with Crippen LogP contribution in [0, 0.1) is 0 Å². The summed E-state index contributed by atoms with van der Waals surface area (Å²) in [5, 5.41) is 11.4. The lowest BCUT2D eigenvalue weighted by atomic mass is 10.3. The molecule has 4 nitrogen and oxygen atoms in total. The third kappa shape index (κ3) is 2.75. The Morgan fingerprint density at radius 2 is 2.54 bits per heavy atom. The van der Waals surface area contributed by atoms with Crippen LogP contribution in [0.5, 0.6) is 0 Å². The fraction of sp³-hybridized carbons (Fsp3) is 0.375. The Bertz CT molecular complexity index is 295. The molecular weight excluding hydrogens is 194 g/mol. The molecule has 2 N–H and O–H groups in total. The molecule has 1 rings (SSSR count). The largest absolute Gasteiger partial charge is 0.452 e. The summed E-state index contributed by atoms with van der Waals surface area (Å²) in [6.45, 7) is 1.78. The Kier molecular flexibility index (Phi) is 3.33. The highest BCUT2D eigenvalue weighted by atomic mass is 35.5. The van der Waals surface area contributed by atoms with Gasteiger partial charge in [-0.25, -0.2) is 0 Å². The molecule has 0 aliphatic rings. The van der Waals surface area contributed by atoms with E-state index < -0.39 is 6.10 Å². The molecule has 0 radical (unpaired) electrons. The highest BCUT2D eigenvalue weighted by Crippen LogP contribution is 2.15. The first-order valence-electron chi connectivity index (χ1n) is 3.80. The number of carbonyl (C=O) groups excluding carboxylic acids is 1. The average Bonchev–Trinajstić information content (AvgIpc) is 2.47. The van der Waals surface area contributed by atoms with Crippen molar-refractivity contribution in [3.05, 3.63) is 23.1 Å². The van der Waals surface area contributed by atoms with E-state index in [9.17, 15) is 4.79 Å². The van der Waals surface area contributed by atoms with E-state index in [-0.39, 0.29) is 23.2 Å². The van der Waals surface area contributed by atoms with Gasteiger partial charge in [-0.2, -0.15) is 0 Å². The Labute approximate surface area is 80.5 Å². The smallest absolute Gasteiger partial charge is 0.256 e. The lowest BCUT2D eigenvalue weighted by Gasteiger charge is -2.05. The highest BCUT2D eigenvalue weighted by molar-refractivity contribution is 6.32. The normalized spacial score (nSPS) is 12.5. The van der Waals surface area contributed by atoms with Crippen molar-refractivity contribution in [2.24, 2.45) is 0 Å². The molecule has 5 heteroatoms. The Morgan fingerprint density at radius 3 is 3.00 bits per heavy atom. The minimum Gasteiger partial charge on any atom is -0.452 e. The van der Waals surface area contributed by atoms with Crippen molar-refractivity contribution >= 4 is 17.5 Å². The molecule has 0 aliphatic carbocycles. The summed E-state index contributed by atoms with van der Waals surface area (Å²) < 4.78 is 4.73. The van der Waals surface area contributed by atoms with Crippen LogP contribution in [0.25, 0.3) is 0 Å². The van der Waals surface area contributed by atoms with Gasteiger partial charge in [0.2, 0.25) is 5.22 Å². The van der Waals surface area contributed by atoms with Gasteiger partial charge in [0.1, 0.15) is 0 Å². The monoisotopic (exact) mass is 203 g/mol. The number of aliphatic hydroxyl groups excluding tert-OH is 1. The van der Waals surface area contributed by atoms with Gasteiger partial charge in [0.25, 0.3) is 5.91 Å². The Morgan fingerprint density at radius 1 is 1.85 bits per heavy atom. The molecule has 0 saturated carbocycles. The predicted octanol–water partition coefficient (Wildman–Crippen LogP) is 1.04. The third-order valence-electron chi connectivity index (χ3n) is 1.42. The minimum absolute atomic E-state index is 0.0584. The molecule has 1 aromatic heterocycles. The van der Waals surface area contributed by atoms with Crippen molar-refractivity contribution in [2.45, 2.75) is 13.0 Å². The van der Waals surface area contributed by atoms with Crippen LogP contribution < -0.4 is 5.32 Å². The fourth-order valence-electron chi connectivity index (χ4n) is 0.791. The van der Waals surface area contributed by atoms with Crippen molar-refractivity contribution in [1.82, 2.24) is 5.32 Å². The molecule has 0 unspecified atom stereocenters. The molecule has 0 fully saturated rings. The molecule has 72 valence electrons. The van der Waals surface area contributed by atoms with Crippen molar-refractivity contribution < 1.29 is 14.3 Å². The number of halogens is 1. The highest BCUT2D eigenvalue weighted by Gasteiger charge is 2.12. The number of furan rings is 1. The maximum atomic E-state index is 11.3. The zero-order valence-electron chi connectivity index (χ0n) is 7.08. The zero-order chi connectivity index (χ0) is 9.84. The molecule has 1 heterocycles. The minimum atomic E-state index is -0.574. The van der Waals surface area contributed by atoms with E-state index in [1.807, 2.05) is 0 Å². The number of aliphatic hydroxyl groups is 1. The molecule has 0 saturated heterocycles. The summed E-state index contributed by atoms with van der Waals surface area (Å²) >= 11 is 5.56. The number of hydrogen-bond acceptors (Lipinski definition) is 3. The first-order valence-corrected chi connectivity index (χ1v) is 4.18. The zero-order valence-corrected chi connectivity index (χ0v) is 7.84. The van der Waals surface area contributed by atoms with E-state index in [1.54, 1.807) is 6.92 Å². The van der Waals surface area contributed by atoms with Crippen LogP contribution in [-0.4, -0.2) is 23.7 Å². The van der Waals surface area contributed by atoms with Crippen LogP contribution in [-0.2, 0) is 0 Å². The molecular formula is C8H10ClNO3. The first-order chi connectivity index (χ1) is 6.11. The van der Waals surface area contributed by atoms with Gasteiger partial charge in [-0.1, -0.05) is 0 Å². The quantitative estimate of drug-likeness (QED) is 0.772. The first kappa shape index (κ1) is 10.1. The third-order valence-corrected chi connectivity index (χ3v) is 1.71. The molecule has 0 aliphatic heterocycles. The number of amides is 1. The van der Waals surface area contributed by atoms with Gasteiger partial charge in [-0.15, -0.1) is 0 Å².